The third-order valence-corrected chi connectivity index (χ3v) is 3.28. The van der Waals surface area contributed by atoms with E-state index in [1.807, 2.05) is 24.5 Å². The number of hydrogen-bond donors (Lipinski definition) is 1. The van der Waals surface area contributed by atoms with Crippen LogP contribution in [0.5, 0.6) is 5.75 Å². The molecule has 0 aliphatic rings. The maximum absolute atomic E-state index is 13.7. The summed E-state index contributed by atoms with van der Waals surface area (Å²) in [4.78, 5) is 0. The van der Waals surface area contributed by atoms with E-state index in [0.29, 0.717) is 6.54 Å². The smallest absolute Gasteiger partial charge is 0.165 e. The molecule has 5 nitrogen and oxygen atoms in total. The second kappa shape index (κ2) is 6.47. The minimum absolute atomic E-state index is 0.0115. The van der Waals surface area contributed by atoms with Crippen LogP contribution in [0.3, 0.4) is 0 Å². The fourth-order valence-corrected chi connectivity index (χ4v) is 1.99. The summed E-state index contributed by atoms with van der Waals surface area (Å²) >= 11 is 0. The molecule has 2 rings (SSSR count). The number of halogens is 1. The maximum atomic E-state index is 13.7. The van der Waals surface area contributed by atoms with Crippen molar-refractivity contribution in [3.05, 3.63) is 41.7 Å². The Morgan fingerprint density at radius 1 is 1.45 bits per heavy atom. The van der Waals surface area contributed by atoms with Gasteiger partial charge in [0.05, 0.1) is 13.7 Å². The van der Waals surface area contributed by atoms with Crippen molar-refractivity contribution >= 4 is 0 Å². The van der Waals surface area contributed by atoms with Gasteiger partial charge >= 0.3 is 0 Å². The zero-order chi connectivity index (χ0) is 14.5. The average Bonchev–Trinajstić information content (AvgIpc) is 2.92. The molecule has 0 aliphatic heterocycles. The van der Waals surface area contributed by atoms with Crippen LogP contribution in [0.25, 0.3) is 0 Å². The molecule has 1 unspecified atom stereocenters. The van der Waals surface area contributed by atoms with Crippen LogP contribution in [0.4, 0.5) is 4.39 Å². The molecule has 0 bridgehead atoms. The molecule has 108 valence electrons. The van der Waals surface area contributed by atoms with Gasteiger partial charge in [0.15, 0.2) is 11.6 Å². The first kappa shape index (κ1) is 14.5. The third-order valence-electron chi connectivity index (χ3n) is 3.28. The molecule has 0 radical (unpaired) electrons. The summed E-state index contributed by atoms with van der Waals surface area (Å²) in [6, 6.07) is 4.99. The molecular weight excluding hydrogens is 259 g/mol. The summed E-state index contributed by atoms with van der Waals surface area (Å²) in [5, 5.41) is 11.2. The lowest BCUT2D eigenvalue weighted by molar-refractivity contribution is 0.385. The van der Waals surface area contributed by atoms with E-state index < -0.39 is 0 Å². The number of hydrogen-bond acceptors (Lipinski definition) is 4. The minimum Gasteiger partial charge on any atom is -0.494 e. The highest BCUT2D eigenvalue weighted by Crippen LogP contribution is 2.21. The Balaban J connectivity index is 2.01. The SMILES string of the molecule is CCn1cnnc1CNC(C)c1ccc(OC)c(F)c1. The molecule has 1 aromatic heterocycles. The van der Waals surface area contributed by atoms with Crippen LogP contribution in [0, 0.1) is 5.82 Å². The molecule has 0 aliphatic carbocycles. The highest BCUT2D eigenvalue weighted by molar-refractivity contribution is 5.30. The topological polar surface area (TPSA) is 52.0 Å². The van der Waals surface area contributed by atoms with Crippen LogP contribution in [0.2, 0.25) is 0 Å². The number of benzene rings is 1. The molecule has 2 aromatic rings. The number of aryl methyl sites for hydroxylation is 1. The fourth-order valence-electron chi connectivity index (χ4n) is 1.99. The second-order valence-corrected chi connectivity index (χ2v) is 4.53. The van der Waals surface area contributed by atoms with E-state index in [-0.39, 0.29) is 17.6 Å². The molecule has 20 heavy (non-hydrogen) atoms. The average molecular weight is 278 g/mol. The van der Waals surface area contributed by atoms with Gasteiger partial charge in [-0.3, -0.25) is 0 Å². The van der Waals surface area contributed by atoms with Crippen molar-refractivity contribution < 1.29 is 9.13 Å². The van der Waals surface area contributed by atoms with Gasteiger partial charge < -0.3 is 14.6 Å². The molecule has 0 spiro atoms. The lowest BCUT2D eigenvalue weighted by Gasteiger charge is -2.15. The number of nitrogens with zero attached hydrogens (tertiary/aromatic N) is 3. The summed E-state index contributed by atoms with van der Waals surface area (Å²) < 4.78 is 20.5. The van der Waals surface area contributed by atoms with Gasteiger partial charge in [-0.1, -0.05) is 6.07 Å². The predicted molar refractivity (Wildman–Crippen MR) is 73.9 cm³/mol. The van der Waals surface area contributed by atoms with Crippen molar-refractivity contribution in [3.8, 4) is 5.75 Å². The van der Waals surface area contributed by atoms with Crippen molar-refractivity contribution in [2.24, 2.45) is 0 Å². The highest BCUT2D eigenvalue weighted by atomic mass is 19.1. The van der Waals surface area contributed by atoms with Gasteiger partial charge in [-0.05, 0) is 31.5 Å². The number of rotatable bonds is 6. The summed E-state index contributed by atoms with van der Waals surface area (Å²) in [7, 11) is 1.46. The van der Waals surface area contributed by atoms with Gasteiger partial charge in [0, 0.05) is 12.6 Å². The van der Waals surface area contributed by atoms with Crippen molar-refractivity contribution in [1.82, 2.24) is 20.1 Å². The maximum Gasteiger partial charge on any atom is 0.165 e. The van der Waals surface area contributed by atoms with Crippen LogP contribution in [-0.4, -0.2) is 21.9 Å². The first-order valence-electron chi connectivity index (χ1n) is 6.59. The molecule has 1 aromatic carbocycles. The quantitative estimate of drug-likeness (QED) is 0.881. The largest absolute Gasteiger partial charge is 0.494 e. The summed E-state index contributed by atoms with van der Waals surface area (Å²) in [6.07, 6.45) is 1.70. The zero-order valence-corrected chi connectivity index (χ0v) is 11.9. The predicted octanol–water partition coefficient (Wildman–Crippen LogP) is 2.30. The van der Waals surface area contributed by atoms with E-state index in [9.17, 15) is 4.39 Å². The van der Waals surface area contributed by atoms with Gasteiger partial charge in [0.2, 0.25) is 0 Å². The summed E-state index contributed by atoms with van der Waals surface area (Å²) in [5.41, 5.74) is 0.867. The lowest BCUT2D eigenvalue weighted by atomic mass is 10.1. The Morgan fingerprint density at radius 2 is 2.25 bits per heavy atom. The van der Waals surface area contributed by atoms with E-state index in [1.165, 1.54) is 13.2 Å². The number of nitrogens with one attached hydrogen (secondary N) is 1. The van der Waals surface area contributed by atoms with Crippen molar-refractivity contribution in [2.75, 3.05) is 7.11 Å². The van der Waals surface area contributed by atoms with E-state index in [1.54, 1.807) is 12.4 Å². The van der Waals surface area contributed by atoms with Crippen molar-refractivity contribution in [2.45, 2.75) is 33.0 Å². The normalized spacial score (nSPS) is 12.4. The second-order valence-electron chi connectivity index (χ2n) is 4.53. The monoisotopic (exact) mass is 278 g/mol. The Hall–Kier alpha value is -1.95. The van der Waals surface area contributed by atoms with E-state index in [0.717, 1.165) is 17.9 Å². The van der Waals surface area contributed by atoms with Gasteiger partial charge in [-0.15, -0.1) is 10.2 Å². The van der Waals surface area contributed by atoms with E-state index in [4.69, 9.17) is 4.74 Å². The standard InChI is InChI=1S/C14H19FN4O/c1-4-19-9-17-18-14(19)8-16-10(2)11-5-6-13(20-3)12(15)7-11/h5-7,9-10,16H,4,8H2,1-3H3. The van der Waals surface area contributed by atoms with Crippen molar-refractivity contribution in [3.63, 3.8) is 0 Å². The number of methoxy groups -OCH3 is 1. The highest BCUT2D eigenvalue weighted by Gasteiger charge is 2.10. The first-order valence-corrected chi connectivity index (χ1v) is 6.59. The molecule has 6 heteroatoms. The Kier molecular flexibility index (Phi) is 4.68. The van der Waals surface area contributed by atoms with Crippen LogP contribution in [-0.2, 0) is 13.1 Å². The fraction of sp³-hybridized carbons (Fsp3) is 0.429. The Morgan fingerprint density at radius 3 is 2.90 bits per heavy atom. The van der Waals surface area contributed by atoms with Crippen LogP contribution < -0.4 is 10.1 Å². The lowest BCUT2D eigenvalue weighted by Crippen LogP contribution is -2.20. The summed E-state index contributed by atoms with van der Waals surface area (Å²) in [5.74, 6) is 0.774. The minimum atomic E-state index is -0.352. The van der Waals surface area contributed by atoms with Gasteiger partial charge in [0.1, 0.15) is 12.2 Å². The van der Waals surface area contributed by atoms with E-state index in [2.05, 4.69) is 15.5 Å². The van der Waals surface area contributed by atoms with Crippen LogP contribution in [0.1, 0.15) is 31.3 Å². The molecule has 1 atom stereocenters. The number of ether oxygens (including phenoxy) is 1. The molecule has 0 fully saturated rings. The molecule has 0 amide bonds. The van der Waals surface area contributed by atoms with E-state index >= 15 is 0 Å². The third kappa shape index (κ3) is 3.14. The molecular formula is C14H19FN4O. The molecule has 0 saturated heterocycles. The van der Waals surface area contributed by atoms with Gasteiger partial charge in [-0.25, -0.2) is 4.39 Å². The van der Waals surface area contributed by atoms with Crippen molar-refractivity contribution in [1.29, 1.82) is 0 Å². The molecule has 0 saturated carbocycles. The van der Waals surface area contributed by atoms with Gasteiger partial charge in [-0.2, -0.15) is 0 Å². The van der Waals surface area contributed by atoms with Crippen LogP contribution in [0.15, 0.2) is 24.5 Å². The van der Waals surface area contributed by atoms with Crippen LogP contribution >= 0.6 is 0 Å². The first-order chi connectivity index (χ1) is 9.65. The molecule has 1 heterocycles. The molecule has 1 N–H and O–H groups in total. The van der Waals surface area contributed by atoms with Gasteiger partial charge in [0.25, 0.3) is 0 Å². The number of aromatic nitrogens is 3. The zero-order valence-electron chi connectivity index (χ0n) is 11.9. The summed E-state index contributed by atoms with van der Waals surface area (Å²) in [6.45, 7) is 5.43. The Bertz CT molecular complexity index is 570. The Labute approximate surface area is 117 Å².